The summed E-state index contributed by atoms with van der Waals surface area (Å²) in [4.78, 5) is 24.4. The number of aromatic carboxylic acids is 1. The number of aromatic nitrogens is 3. The fourth-order valence-corrected chi connectivity index (χ4v) is 2.58. The number of alkyl carbamates (subject to hydrolysis) is 1. The SMILES string of the molecule is CSc1ccc(Cn2nnc(C(=O)O)c2CNC(=O)OC(C)(C)C)cc1. The highest BCUT2D eigenvalue weighted by Crippen LogP contribution is 2.16. The first-order chi connectivity index (χ1) is 12.2. The standard InChI is InChI=1S/C17H22N4O4S/c1-17(2,3)25-16(24)18-9-13-14(15(22)23)19-20-21(13)10-11-5-7-12(26-4)8-6-11/h5-8H,9-10H2,1-4H3,(H,18,24)(H,22,23). The zero-order valence-electron chi connectivity index (χ0n) is 15.1. The number of carboxylic acids is 1. The Balaban J connectivity index is 2.16. The molecule has 1 aromatic carbocycles. The Kier molecular flexibility index (Phi) is 6.25. The van der Waals surface area contributed by atoms with Crippen LogP contribution >= 0.6 is 11.8 Å². The van der Waals surface area contributed by atoms with Crippen LogP contribution < -0.4 is 5.32 Å². The summed E-state index contributed by atoms with van der Waals surface area (Å²) >= 11 is 1.64. The topological polar surface area (TPSA) is 106 Å². The number of carbonyl (C=O) groups is 2. The largest absolute Gasteiger partial charge is 0.476 e. The number of thioether (sulfide) groups is 1. The average molecular weight is 378 g/mol. The Morgan fingerprint density at radius 3 is 2.46 bits per heavy atom. The van der Waals surface area contributed by atoms with E-state index in [-0.39, 0.29) is 12.2 Å². The lowest BCUT2D eigenvalue weighted by Crippen LogP contribution is -2.33. The number of carboxylic acid groups (broad SMARTS) is 1. The quantitative estimate of drug-likeness (QED) is 0.744. The molecular formula is C17H22N4O4S. The summed E-state index contributed by atoms with van der Waals surface area (Å²) in [5.41, 5.74) is 0.416. The molecule has 0 aliphatic heterocycles. The Morgan fingerprint density at radius 2 is 1.92 bits per heavy atom. The molecule has 2 rings (SSSR count). The zero-order valence-corrected chi connectivity index (χ0v) is 16.0. The Morgan fingerprint density at radius 1 is 1.27 bits per heavy atom. The molecule has 1 amide bonds. The first kappa shape index (κ1) is 19.8. The van der Waals surface area contributed by atoms with Crippen molar-refractivity contribution >= 4 is 23.8 Å². The lowest BCUT2D eigenvalue weighted by molar-refractivity contribution is 0.0519. The smallest absolute Gasteiger partial charge is 0.407 e. The minimum absolute atomic E-state index is 0.0492. The molecule has 0 spiro atoms. The summed E-state index contributed by atoms with van der Waals surface area (Å²) < 4.78 is 6.64. The van der Waals surface area contributed by atoms with E-state index in [9.17, 15) is 14.7 Å². The minimum atomic E-state index is -1.20. The van der Waals surface area contributed by atoms with E-state index in [1.807, 2.05) is 30.5 Å². The molecule has 1 aromatic heterocycles. The summed E-state index contributed by atoms with van der Waals surface area (Å²) in [6.07, 6.45) is 1.36. The highest BCUT2D eigenvalue weighted by molar-refractivity contribution is 7.98. The van der Waals surface area contributed by atoms with Gasteiger partial charge in [-0.3, -0.25) is 0 Å². The number of amides is 1. The molecular weight excluding hydrogens is 356 g/mol. The summed E-state index contributed by atoms with van der Waals surface area (Å²) in [7, 11) is 0. The molecule has 1 heterocycles. The molecule has 8 nitrogen and oxygen atoms in total. The van der Waals surface area contributed by atoms with Crippen LogP contribution in [-0.4, -0.2) is 44.0 Å². The van der Waals surface area contributed by atoms with Gasteiger partial charge in [0.25, 0.3) is 0 Å². The van der Waals surface area contributed by atoms with Crippen molar-refractivity contribution in [3.63, 3.8) is 0 Å². The molecule has 0 unspecified atom stereocenters. The molecule has 2 aromatic rings. The van der Waals surface area contributed by atoms with Crippen molar-refractivity contribution in [3.8, 4) is 0 Å². The summed E-state index contributed by atoms with van der Waals surface area (Å²) in [6, 6.07) is 7.85. The van der Waals surface area contributed by atoms with Crippen molar-refractivity contribution in [3.05, 3.63) is 41.2 Å². The van der Waals surface area contributed by atoms with Crippen molar-refractivity contribution in [1.82, 2.24) is 20.3 Å². The van der Waals surface area contributed by atoms with E-state index in [4.69, 9.17) is 4.74 Å². The van der Waals surface area contributed by atoms with Gasteiger partial charge in [0.1, 0.15) is 5.60 Å². The third kappa shape index (κ3) is 5.48. The number of nitrogens with zero attached hydrogens (tertiary/aromatic N) is 3. The maximum Gasteiger partial charge on any atom is 0.407 e. The Bertz CT molecular complexity index is 781. The lowest BCUT2D eigenvalue weighted by Gasteiger charge is -2.19. The second kappa shape index (κ2) is 8.22. The fourth-order valence-electron chi connectivity index (χ4n) is 2.17. The monoisotopic (exact) mass is 378 g/mol. The highest BCUT2D eigenvalue weighted by atomic mass is 32.2. The van der Waals surface area contributed by atoms with E-state index in [2.05, 4.69) is 15.6 Å². The minimum Gasteiger partial charge on any atom is -0.476 e. The number of rotatable bonds is 6. The van der Waals surface area contributed by atoms with Gasteiger partial charge >= 0.3 is 12.1 Å². The molecule has 0 saturated carbocycles. The van der Waals surface area contributed by atoms with Crippen LogP contribution in [0.4, 0.5) is 4.79 Å². The van der Waals surface area contributed by atoms with Gasteiger partial charge in [0.05, 0.1) is 18.8 Å². The maximum absolute atomic E-state index is 11.8. The van der Waals surface area contributed by atoms with Crippen molar-refractivity contribution < 1.29 is 19.4 Å². The molecule has 0 fully saturated rings. The van der Waals surface area contributed by atoms with Crippen molar-refractivity contribution in [2.45, 2.75) is 44.4 Å². The molecule has 0 radical (unpaired) electrons. The van der Waals surface area contributed by atoms with Crippen molar-refractivity contribution in [1.29, 1.82) is 0 Å². The van der Waals surface area contributed by atoms with Crippen LogP contribution in [0, 0.1) is 0 Å². The molecule has 9 heteroatoms. The highest BCUT2D eigenvalue weighted by Gasteiger charge is 2.21. The van der Waals surface area contributed by atoms with Crippen LogP contribution in [0.2, 0.25) is 0 Å². The molecule has 26 heavy (non-hydrogen) atoms. The second-order valence-electron chi connectivity index (χ2n) is 6.55. The predicted molar refractivity (Wildman–Crippen MR) is 97.4 cm³/mol. The van der Waals surface area contributed by atoms with Crippen LogP contribution in [0.3, 0.4) is 0 Å². The maximum atomic E-state index is 11.8. The van der Waals surface area contributed by atoms with E-state index in [1.54, 1.807) is 32.5 Å². The lowest BCUT2D eigenvalue weighted by atomic mass is 10.2. The van der Waals surface area contributed by atoms with E-state index in [1.165, 1.54) is 4.68 Å². The predicted octanol–water partition coefficient (Wildman–Crippen LogP) is 2.77. The number of ether oxygens (including phenoxy) is 1. The van der Waals surface area contributed by atoms with Crippen LogP contribution in [-0.2, 0) is 17.8 Å². The van der Waals surface area contributed by atoms with Gasteiger partial charge < -0.3 is 15.2 Å². The van der Waals surface area contributed by atoms with Gasteiger partial charge in [-0.1, -0.05) is 17.3 Å². The summed E-state index contributed by atoms with van der Waals surface area (Å²) in [5.74, 6) is -1.20. The van der Waals surface area contributed by atoms with Crippen molar-refractivity contribution in [2.24, 2.45) is 0 Å². The van der Waals surface area contributed by atoms with Gasteiger partial charge in [-0.15, -0.1) is 16.9 Å². The normalized spacial score (nSPS) is 11.2. The van der Waals surface area contributed by atoms with E-state index >= 15 is 0 Å². The molecule has 2 N–H and O–H groups in total. The van der Waals surface area contributed by atoms with Gasteiger partial charge in [-0.2, -0.15) is 0 Å². The molecule has 0 aliphatic carbocycles. The first-order valence-corrected chi connectivity index (χ1v) is 9.17. The van der Waals surface area contributed by atoms with Gasteiger partial charge in [0.2, 0.25) is 0 Å². The van der Waals surface area contributed by atoms with Gasteiger partial charge in [-0.25, -0.2) is 14.3 Å². The number of carbonyl (C=O) groups excluding carboxylic acids is 1. The van der Waals surface area contributed by atoms with Crippen LogP contribution in [0.15, 0.2) is 29.2 Å². The third-order valence-electron chi connectivity index (χ3n) is 3.33. The molecule has 0 atom stereocenters. The fraction of sp³-hybridized carbons (Fsp3) is 0.412. The molecule has 0 saturated heterocycles. The summed E-state index contributed by atoms with van der Waals surface area (Å²) in [5, 5.41) is 19.5. The third-order valence-corrected chi connectivity index (χ3v) is 4.07. The second-order valence-corrected chi connectivity index (χ2v) is 7.43. The number of hydrogen-bond donors (Lipinski definition) is 2. The zero-order chi connectivity index (χ0) is 19.3. The summed E-state index contributed by atoms with van der Waals surface area (Å²) in [6.45, 7) is 5.55. The van der Waals surface area contributed by atoms with Crippen LogP contribution in [0.1, 0.15) is 42.5 Å². The van der Waals surface area contributed by atoms with Crippen molar-refractivity contribution in [2.75, 3.05) is 6.26 Å². The van der Waals surface area contributed by atoms with Crippen LogP contribution in [0.5, 0.6) is 0 Å². The van der Waals surface area contributed by atoms with Crippen LogP contribution in [0.25, 0.3) is 0 Å². The first-order valence-electron chi connectivity index (χ1n) is 7.95. The number of benzene rings is 1. The van der Waals surface area contributed by atoms with E-state index in [0.717, 1.165) is 10.5 Å². The number of nitrogens with one attached hydrogen (secondary N) is 1. The van der Waals surface area contributed by atoms with Gasteiger partial charge in [0.15, 0.2) is 5.69 Å². The van der Waals surface area contributed by atoms with Gasteiger partial charge in [0, 0.05) is 4.90 Å². The molecule has 0 bridgehead atoms. The van der Waals surface area contributed by atoms with Gasteiger partial charge in [-0.05, 0) is 44.7 Å². The average Bonchev–Trinajstić information content (AvgIpc) is 2.95. The Hall–Kier alpha value is -2.55. The number of hydrogen-bond acceptors (Lipinski definition) is 6. The van der Waals surface area contributed by atoms with E-state index in [0.29, 0.717) is 12.2 Å². The molecule has 140 valence electrons. The Labute approximate surface area is 155 Å². The molecule has 0 aliphatic rings. The van der Waals surface area contributed by atoms with E-state index < -0.39 is 17.7 Å².